The number of amides is 1. The summed E-state index contributed by atoms with van der Waals surface area (Å²) in [6, 6.07) is 0.756. The van der Waals surface area contributed by atoms with Gasteiger partial charge in [0.25, 0.3) is 0 Å². The summed E-state index contributed by atoms with van der Waals surface area (Å²) in [5, 5.41) is 3.42. The van der Waals surface area contributed by atoms with Crippen molar-refractivity contribution in [3.05, 3.63) is 0 Å². The van der Waals surface area contributed by atoms with Gasteiger partial charge in [0.2, 0.25) is 5.91 Å². The fourth-order valence-electron chi connectivity index (χ4n) is 4.15. The van der Waals surface area contributed by atoms with E-state index in [4.69, 9.17) is 4.74 Å². The zero-order valence-corrected chi connectivity index (χ0v) is 13.2. The van der Waals surface area contributed by atoms with Crippen LogP contribution in [0, 0.1) is 0 Å². The van der Waals surface area contributed by atoms with Crippen molar-refractivity contribution in [2.45, 2.75) is 56.7 Å². The normalized spacial score (nSPS) is 30.0. The van der Waals surface area contributed by atoms with Crippen molar-refractivity contribution >= 4 is 5.91 Å². The van der Waals surface area contributed by atoms with E-state index in [0.717, 1.165) is 52.0 Å². The number of hydrogen-bond acceptors (Lipinski definition) is 4. The van der Waals surface area contributed by atoms with Crippen LogP contribution in [0.4, 0.5) is 0 Å². The first kappa shape index (κ1) is 15.3. The number of likely N-dealkylation sites (tertiary alicyclic amines) is 2. The van der Waals surface area contributed by atoms with Gasteiger partial charge in [-0.05, 0) is 58.2 Å². The lowest BCUT2D eigenvalue weighted by Crippen LogP contribution is -2.53. The van der Waals surface area contributed by atoms with Crippen LogP contribution in [0.2, 0.25) is 0 Å². The number of ether oxygens (including phenoxy) is 1. The van der Waals surface area contributed by atoms with Gasteiger partial charge >= 0.3 is 0 Å². The van der Waals surface area contributed by atoms with Gasteiger partial charge in [-0.1, -0.05) is 0 Å². The summed E-state index contributed by atoms with van der Waals surface area (Å²) in [5.41, 5.74) is 0. The molecule has 0 bridgehead atoms. The summed E-state index contributed by atoms with van der Waals surface area (Å²) in [6.07, 6.45) is 6.93. The standard InChI is InChI=1S/C16H29N3O2/c1-21-14-6-11-18(12-7-14)16(20)15-3-2-10-19(15)13-4-8-17-9-5-13/h13-15,17H,2-12H2,1H3. The minimum atomic E-state index is 0.146. The Morgan fingerprint density at radius 1 is 1.05 bits per heavy atom. The smallest absolute Gasteiger partial charge is 0.239 e. The maximum Gasteiger partial charge on any atom is 0.239 e. The van der Waals surface area contributed by atoms with Gasteiger partial charge in [0.1, 0.15) is 0 Å². The third kappa shape index (κ3) is 3.41. The first-order valence-electron chi connectivity index (χ1n) is 8.57. The summed E-state index contributed by atoms with van der Waals surface area (Å²) < 4.78 is 5.41. The molecule has 0 aromatic rings. The lowest BCUT2D eigenvalue weighted by atomic mass is 10.0. The topological polar surface area (TPSA) is 44.8 Å². The summed E-state index contributed by atoms with van der Waals surface area (Å²) in [7, 11) is 1.78. The lowest BCUT2D eigenvalue weighted by Gasteiger charge is -2.39. The van der Waals surface area contributed by atoms with Crippen LogP contribution in [-0.2, 0) is 9.53 Å². The molecule has 1 N–H and O–H groups in total. The molecule has 3 heterocycles. The molecule has 21 heavy (non-hydrogen) atoms. The molecule has 3 aliphatic heterocycles. The van der Waals surface area contributed by atoms with Crippen molar-refractivity contribution in [2.24, 2.45) is 0 Å². The summed E-state index contributed by atoms with van der Waals surface area (Å²) in [5.74, 6) is 0.376. The van der Waals surface area contributed by atoms with Gasteiger partial charge in [-0.2, -0.15) is 0 Å². The number of rotatable bonds is 3. The molecular weight excluding hydrogens is 266 g/mol. The summed E-state index contributed by atoms with van der Waals surface area (Å²) >= 11 is 0. The minimum Gasteiger partial charge on any atom is -0.381 e. The van der Waals surface area contributed by atoms with Crippen molar-refractivity contribution < 1.29 is 9.53 Å². The number of hydrogen-bond donors (Lipinski definition) is 1. The molecule has 5 heteroatoms. The molecule has 0 aromatic heterocycles. The van der Waals surface area contributed by atoms with Crippen LogP contribution in [-0.4, -0.2) is 73.7 Å². The summed E-state index contributed by atoms with van der Waals surface area (Å²) in [4.78, 5) is 17.5. The van der Waals surface area contributed by atoms with Crippen molar-refractivity contribution in [2.75, 3.05) is 39.8 Å². The zero-order valence-electron chi connectivity index (χ0n) is 13.2. The molecule has 1 amide bonds. The van der Waals surface area contributed by atoms with Crippen LogP contribution < -0.4 is 5.32 Å². The van der Waals surface area contributed by atoms with Gasteiger partial charge in [0, 0.05) is 26.2 Å². The van der Waals surface area contributed by atoms with Crippen LogP contribution in [0.25, 0.3) is 0 Å². The van der Waals surface area contributed by atoms with Gasteiger partial charge in [0.05, 0.1) is 12.1 Å². The Labute approximate surface area is 128 Å². The zero-order chi connectivity index (χ0) is 14.7. The van der Waals surface area contributed by atoms with E-state index >= 15 is 0 Å². The lowest BCUT2D eigenvalue weighted by molar-refractivity contribution is -0.139. The third-order valence-electron chi connectivity index (χ3n) is 5.44. The van der Waals surface area contributed by atoms with Crippen LogP contribution >= 0.6 is 0 Å². The highest BCUT2D eigenvalue weighted by molar-refractivity contribution is 5.82. The Morgan fingerprint density at radius 2 is 1.76 bits per heavy atom. The monoisotopic (exact) mass is 295 g/mol. The van der Waals surface area contributed by atoms with Crippen molar-refractivity contribution in [1.29, 1.82) is 0 Å². The van der Waals surface area contributed by atoms with Gasteiger partial charge in [-0.25, -0.2) is 0 Å². The molecule has 0 aliphatic carbocycles. The maximum atomic E-state index is 12.9. The second-order valence-electron chi connectivity index (χ2n) is 6.64. The Bertz CT molecular complexity index is 349. The molecule has 120 valence electrons. The fourth-order valence-corrected chi connectivity index (χ4v) is 4.15. The van der Waals surface area contributed by atoms with E-state index in [-0.39, 0.29) is 6.04 Å². The predicted molar refractivity (Wildman–Crippen MR) is 82.2 cm³/mol. The largest absolute Gasteiger partial charge is 0.381 e. The molecule has 3 aliphatic rings. The second kappa shape index (κ2) is 7.07. The van der Waals surface area contributed by atoms with E-state index in [1.165, 1.54) is 19.3 Å². The molecule has 3 rings (SSSR count). The number of piperidine rings is 2. The number of nitrogens with one attached hydrogen (secondary N) is 1. The molecule has 1 atom stereocenters. The number of carbonyl (C=O) groups excluding carboxylic acids is 1. The fraction of sp³-hybridized carbons (Fsp3) is 0.938. The van der Waals surface area contributed by atoms with Crippen molar-refractivity contribution in [1.82, 2.24) is 15.1 Å². The van der Waals surface area contributed by atoms with Crippen LogP contribution in [0.1, 0.15) is 38.5 Å². The maximum absolute atomic E-state index is 12.9. The van der Waals surface area contributed by atoms with E-state index in [1.54, 1.807) is 7.11 Å². The Kier molecular flexibility index (Phi) is 5.14. The average Bonchev–Trinajstić information content (AvgIpc) is 3.04. The Hall–Kier alpha value is -0.650. The predicted octanol–water partition coefficient (Wildman–Crippen LogP) is 0.840. The summed E-state index contributed by atoms with van der Waals surface area (Å²) in [6.45, 7) is 5.04. The minimum absolute atomic E-state index is 0.146. The van der Waals surface area contributed by atoms with Crippen LogP contribution in [0.5, 0.6) is 0 Å². The van der Waals surface area contributed by atoms with Crippen LogP contribution in [0.3, 0.4) is 0 Å². The highest BCUT2D eigenvalue weighted by Crippen LogP contribution is 2.27. The first-order valence-corrected chi connectivity index (χ1v) is 8.57. The molecule has 1 unspecified atom stereocenters. The molecule has 5 nitrogen and oxygen atoms in total. The van der Waals surface area contributed by atoms with Gasteiger partial charge < -0.3 is 15.0 Å². The molecule has 3 fully saturated rings. The van der Waals surface area contributed by atoms with E-state index < -0.39 is 0 Å². The number of nitrogens with zero attached hydrogens (tertiary/aromatic N) is 2. The number of methoxy groups -OCH3 is 1. The van der Waals surface area contributed by atoms with E-state index in [1.807, 2.05) is 0 Å². The molecular formula is C16H29N3O2. The van der Waals surface area contributed by atoms with Crippen LogP contribution in [0.15, 0.2) is 0 Å². The Morgan fingerprint density at radius 3 is 2.43 bits per heavy atom. The van der Waals surface area contributed by atoms with E-state index in [0.29, 0.717) is 18.1 Å². The molecule has 0 radical (unpaired) electrons. The molecule has 0 spiro atoms. The quantitative estimate of drug-likeness (QED) is 0.838. The van der Waals surface area contributed by atoms with Crippen molar-refractivity contribution in [3.8, 4) is 0 Å². The second-order valence-corrected chi connectivity index (χ2v) is 6.64. The van der Waals surface area contributed by atoms with Gasteiger partial charge in [-0.3, -0.25) is 9.69 Å². The van der Waals surface area contributed by atoms with E-state index in [2.05, 4.69) is 15.1 Å². The SMILES string of the molecule is COC1CCN(C(=O)C2CCCN2C2CCNCC2)CC1. The highest BCUT2D eigenvalue weighted by Gasteiger charge is 2.38. The van der Waals surface area contributed by atoms with E-state index in [9.17, 15) is 4.79 Å². The highest BCUT2D eigenvalue weighted by atomic mass is 16.5. The molecule has 0 saturated carbocycles. The first-order chi connectivity index (χ1) is 10.3. The van der Waals surface area contributed by atoms with Gasteiger partial charge in [-0.15, -0.1) is 0 Å². The van der Waals surface area contributed by atoms with Crippen molar-refractivity contribution in [3.63, 3.8) is 0 Å². The number of carbonyl (C=O) groups is 1. The van der Waals surface area contributed by atoms with Gasteiger partial charge in [0.15, 0.2) is 0 Å². The molecule has 3 saturated heterocycles. The third-order valence-corrected chi connectivity index (χ3v) is 5.44. The molecule has 0 aromatic carbocycles. The average molecular weight is 295 g/mol. The Balaban J connectivity index is 1.58.